The SMILES string of the molecule is O=C(O)C(Cc1ccccc1F)c1ccc(Br)cc1. The number of halogens is 2. The van der Waals surface area contributed by atoms with Gasteiger partial charge in [0, 0.05) is 4.47 Å². The summed E-state index contributed by atoms with van der Waals surface area (Å²) in [7, 11) is 0. The average Bonchev–Trinajstić information content (AvgIpc) is 2.39. The summed E-state index contributed by atoms with van der Waals surface area (Å²) in [5.41, 5.74) is 1.08. The Bertz CT molecular complexity index is 581. The standard InChI is InChI=1S/C15H12BrFO2/c16-12-7-5-10(6-8-12)13(15(18)19)9-11-3-1-2-4-14(11)17/h1-8,13H,9H2,(H,18,19). The number of benzene rings is 2. The second-order valence-corrected chi connectivity index (χ2v) is 5.15. The minimum Gasteiger partial charge on any atom is -0.481 e. The highest BCUT2D eigenvalue weighted by Crippen LogP contribution is 2.24. The molecule has 0 saturated heterocycles. The van der Waals surface area contributed by atoms with E-state index in [4.69, 9.17) is 0 Å². The third kappa shape index (κ3) is 3.41. The van der Waals surface area contributed by atoms with Crippen molar-refractivity contribution in [3.05, 3.63) is 69.9 Å². The summed E-state index contributed by atoms with van der Waals surface area (Å²) in [5.74, 6) is -2.07. The van der Waals surface area contributed by atoms with Gasteiger partial charge in [0.25, 0.3) is 0 Å². The molecule has 2 aromatic rings. The van der Waals surface area contributed by atoms with Crippen molar-refractivity contribution in [3.8, 4) is 0 Å². The molecule has 98 valence electrons. The first-order valence-corrected chi connectivity index (χ1v) is 6.59. The highest BCUT2D eigenvalue weighted by molar-refractivity contribution is 9.10. The first-order chi connectivity index (χ1) is 9.08. The average molecular weight is 323 g/mol. The molecule has 1 atom stereocenters. The van der Waals surface area contributed by atoms with Crippen LogP contribution >= 0.6 is 15.9 Å². The number of aliphatic carboxylic acids is 1. The van der Waals surface area contributed by atoms with Crippen LogP contribution in [0.2, 0.25) is 0 Å². The lowest BCUT2D eigenvalue weighted by molar-refractivity contribution is -0.138. The molecule has 2 aromatic carbocycles. The van der Waals surface area contributed by atoms with Crippen molar-refractivity contribution in [1.82, 2.24) is 0 Å². The van der Waals surface area contributed by atoms with Crippen LogP contribution in [-0.2, 0) is 11.2 Å². The lowest BCUT2D eigenvalue weighted by Gasteiger charge is -2.13. The van der Waals surface area contributed by atoms with Crippen LogP contribution in [-0.4, -0.2) is 11.1 Å². The molecule has 1 N–H and O–H groups in total. The van der Waals surface area contributed by atoms with Crippen LogP contribution in [0.15, 0.2) is 53.0 Å². The number of rotatable bonds is 4. The molecule has 0 bridgehead atoms. The molecular formula is C15H12BrFO2. The molecule has 0 fully saturated rings. The van der Waals surface area contributed by atoms with Crippen LogP contribution < -0.4 is 0 Å². The normalized spacial score (nSPS) is 12.1. The predicted octanol–water partition coefficient (Wildman–Crippen LogP) is 4.00. The van der Waals surface area contributed by atoms with E-state index < -0.39 is 11.9 Å². The maximum atomic E-state index is 13.6. The fraction of sp³-hybridized carbons (Fsp3) is 0.133. The van der Waals surface area contributed by atoms with Crippen LogP contribution in [0.1, 0.15) is 17.0 Å². The summed E-state index contributed by atoms with van der Waals surface area (Å²) in [6, 6.07) is 13.3. The fourth-order valence-corrected chi connectivity index (χ4v) is 2.19. The van der Waals surface area contributed by atoms with Crippen molar-refractivity contribution >= 4 is 21.9 Å². The van der Waals surface area contributed by atoms with Gasteiger partial charge in [-0.2, -0.15) is 0 Å². The molecule has 2 nitrogen and oxygen atoms in total. The van der Waals surface area contributed by atoms with Crippen molar-refractivity contribution in [2.75, 3.05) is 0 Å². The summed E-state index contributed by atoms with van der Waals surface area (Å²) >= 11 is 3.30. The van der Waals surface area contributed by atoms with Gasteiger partial charge in [0.1, 0.15) is 5.82 Å². The van der Waals surface area contributed by atoms with Crippen molar-refractivity contribution in [1.29, 1.82) is 0 Å². The number of hydrogen-bond donors (Lipinski definition) is 1. The Kier molecular flexibility index (Phi) is 4.32. The number of hydrogen-bond acceptors (Lipinski definition) is 1. The van der Waals surface area contributed by atoms with Gasteiger partial charge in [-0.1, -0.05) is 46.3 Å². The van der Waals surface area contributed by atoms with Gasteiger partial charge in [-0.3, -0.25) is 4.79 Å². The summed E-state index contributed by atoms with van der Waals surface area (Å²) in [4.78, 5) is 11.4. The Balaban J connectivity index is 2.29. The Morgan fingerprint density at radius 1 is 1.16 bits per heavy atom. The van der Waals surface area contributed by atoms with Gasteiger partial charge in [-0.05, 0) is 35.7 Å². The van der Waals surface area contributed by atoms with Crippen molar-refractivity contribution in [3.63, 3.8) is 0 Å². The Morgan fingerprint density at radius 3 is 2.37 bits per heavy atom. The molecule has 0 aliphatic rings. The number of carboxylic acid groups (broad SMARTS) is 1. The molecule has 2 rings (SSSR count). The first-order valence-electron chi connectivity index (χ1n) is 5.79. The van der Waals surface area contributed by atoms with E-state index in [1.54, 1.807) is 42.5 Å². The molecule has 0 saturated carbocycles. The van der Waals surface area contributed by atoms with Crippen LogP contribution in [0.3, 0.4) is 0 Å². The van der Waals surface area contributed by atoms with Gasteiger partial charge in [0.15, 0.2) is 0 Å². The lowest BCUT2D eigenvalue weighted by Crippen LogP contribution is -2.15. The topological polar surface area (TPSA) is 37.3 Å². The summed E-state index contributed by atoms with van der Waals surface area (Å²) in [5, 5.41) is 9.31. The molecule has 0 heterocycles. The van der Waals surface area contributed by atoms with Gasteiger partial charge in [-0.25, -0.2) is 4.39 Å². The number of carbonyl (C=O) groups is 1. The highest BCUT2D eigenvalue weighted by atomic mass is 79.9. The number of carboxylic acids is 1. The first kappa shape index (κ1) is 13.7. The summed E-state index contributed by atoms with van der Waals surface area (Å²) < 4.78 is 14.5. The minimum atomic E-state index is -0.953. The van der Waals surface area contributed by atoms with Gasteiger partial charge in [0.05, 0.1) is 5.92 Å². The van der Waals surface area contributed by atoms with Crippen molar-refractivity contribution in [2.45, 2.75) is 12.3 Å². The Labute approximate surface area is 119 Å². The molecule has 0 aromatic heterocycles. The quantitative estimate of drug-likeness (QED) is 0.923. The van der Waals surface area contributed by atoms with E-state index in [-0.39, 0.29) is 12.2 Å². The molecule has 1 unspecified atom stereocenters. The van der Waals surface area contributed by atoms with Crippen molar-refractivity contribution in [2.24, 2.45) is 0 Å². The maximum absolute atomic E-state index is 13.6. The second-order valence-electron chi connectivity index (χ2n) is 4.24. The summed E-state index contributed by atoms with van der Waals surface area (Å²) in [6.07, 6.45) is 0.142. The smallest absolute Gasteiger partial charge is 0.311 e. The molecule has 0 aliphatic carbocycles. The van der Waals surface area contributed by atoms with E-state index in [9.17, 15) is 14.3 Å². The van der Waals surface area contributed by atoms with E-state index in [1.807, 2.05) is 0 Å². The Morgan fingerprint density at radius 2 is 1.79 bits per heavy atom. The molecule has 0 aliphatic heterocycles. The van der Waals surface area contributed by atoms with Gasteiger partial charge >= 0.3 is 5.97 Å². The van der Waals surface area contributed by atoms with Gasteiger partial charge < -0.3 is 5.11 Å². The van der Waals surface area contributed by atoms with E-state index >= 15 is 0 Å². The van der Waals surface area contributed by atoms with Crippen LogP contribution in [0.25, 0.3) is 0 Å². The third-order valence-electron chi connectivity index (χ3n) is 2.95. The lowest BCUT2D eigenvalue weighted by atomic mass is 9.92. The minimum absolute atomic E-state index is 0.142. The van der Waals surface area contributed by atoms with Gasteiger partial charge in [-0.15, -0.1) is 0 Å². The van der Waals surface area contributed by atoms with E-state index in [0.717, 1.165) is 4.47 Å². The van der Waals surface area contributed by atoms with E-state index in [2.05, 4.69) is 15.9 Å². The molecular weight excluding hydrogens is 311 g/mol. The highest BCUT2D eigenvalue weighted by Gasteiger charge is 2.21. The van der Waals surface area contributed by atoms with Crippen LogP contribution in [0.4, 0.5) is 4.39 Å². The molecule has 0 amide bonds. The fourth-order valence-electron chi connectivity index (χ4n) is 1.93. The zero-order chi connectivity index (χ0) is 13.8. The molecule has 0 radical (unpaired) electrons. The zero-order valence-corrected chi connectivity index (χ0v) is 11.6. The zero-order valence-electron chi connectivity index (χ0n) is 10.0. The maximum Gasteiger partial charge on any atom is 0.311 e. The van der Waals surface area contributed by atoms with Crippen molar-refractivity contribution < 1.29 is 14.3 Å². The van der Waals surface area contributed by atoms with Crippen LogP contribution in [0, 0.1) is 5.82 Å². The largest absolute Gasteiger partial charge is 0.481 e. The monoisotopic (exact) mass is 322 g/mol. The third-order valence-corrected chi connectivity index (χ3v) is 3.48. The molecule has 0 spiro atoms. The molecule has 4 heteroatoms. The van der Waals surface area contributed by atoms with Crippen LogP contribution in [0.5, 0.6) is 0 Å². The van der Waals surface area contributed by atoms with E-state index in [1.165, 1.54) is 6.07 Å². The van der Waals surface area contributed by atoms with Gasteiger partial charge in [0.2, 0.25) is 0 Å². The predicted molar refractivity (Wildman–Crippen MR) is 74.6 cm³/mol. The Hall–Kier alpha value is -1.68. The van der Waals surface area contributed by atoms with E-state index in [0.29, 0.717) is 11.1 Å². The summed E-state index contributed by atoms with van der Waals surface area (Å²) in [6.45, 7) is 0. The second kappa shape index (κ2) is 5.97. The molecule has 19 heavy (non-hydrogen) atoms.